The zero-order valence-electron chi connectivity index (χ0n) is 51.1. The van der Waals surface area contributed by atoms with Crippen LogP contribution in [0.3, 0.4) is 0 Å². The molecule has 0 spiro atoms. The Labute approximate surface area is 523 Å². The molecule has 0 saturated heterocycles. The van der Waals surface area contributed by atoms with E-state index in [2.05, 4.69) is 321 Å². The largest absolute Gasteiger partial charge is 0.335 e. The molecule has 11 aromatic carbocycles. The summed E-state index contributed by atoms with van der Waals surface area (Å²) < 4.78 is 0. The van der Waals surface area contributed by atoms with Gasteiger partial charge in [0.15, 0.2) is 16.1 Å². The van der Waals surface area contributed by atoms with E-state index in [0.29, 0.717) is 0 Å². The molecule has 0 amide bonds. The summed E-state index contributed by atoms with van der Waals surface area (Å²) in [6.45, 7) is 10.7. The molecule has 0 radical (unpaired) electrons. The Kier molecular flexibility index (Phi) is 12.1. The highest BCUT2D eigenvalue weighted by Crippen LogP contribution is 2.65. The molecule has 2 fully saturated rings. The smallest absolute Gasteiger partial charge is 0.252 e. The molecule has 0 aromatic heterocycles. The Hall–Kier alpha value is -8.68. The van der Waals surface area contributed by atoms with Crippen molar-refractivity contribution in [3.8, 4) is 0 Å². The van der Waals surface area contributed by atoms with Crippen molar-refractivity contribution in [2.24, 2.45) is 0 Å². The van der Waals surface area contributed by atoms with Crippen LogP contribution in [-0.4, -0.2) is 33.9 Å². The number of hydrogen-bond acceptors (Lipinski definition) is 3. The molecule has 428 valence electrons. The fourth-order valence-corrected chi connectivity index (χ4v) is 29.0. The summed E-state index contributed by atoms with van der Waals surface area (Å²) in [5.74, 6) is 0. The van der Waals surface area contributed by atoms with Crippen LogP contribution >= 0.6 is 0 Å². The number of para-hydroxylation sites is 4. The quantitative estimate of drug-likeness (QED) is 0.0944. The number of rotatable bonds is 11. The van der Waals surface area contributed by atoms with Crippen LogP contribution in [-0.2, 0) is 10.8 Å². The third-order valence-electron chi connectivity index (χ3n) is 23.4. The van der Waals surface area contributed by atoms with Gasteiger partial charge in [-0.3, -0.25) is 0 Å². The normalized spacial score (nSPS) is 21.8. The van der Waals surface area contributed by atoms with Gasteiger partial charge < -0.3 is 14.7 Å². The summed E-state index contributed by atoms with van der Waals surface area (Å²) in [6, 6.07) is 109. The van der Waals surface area contributed by atoms with Crippen LogP contribution in [0.15, 0.2) is 279 Å². The first-order chi connectivity index (χ1) is 43.2. The summed E-state index contributed by atoms with van der Waals surface area (Å²) in [4.78, 5) is 8.75. The van der Waals surface area contributed by atoms with Gasteiger partial charge in [-0.2, -0.15) is 0 Å². The average molecular weight is 1170 g/mol. The van der Waals surface area contributed by atoms with E-state index in [4.69, 9.17) is 0 Å². The third-order valence-corrected chi connectivity index (χ3v) is 33.1. The van der Waals surface area contributed by atoms with Crippen LogP contribution in [0.1, 0.15) is 90.2 Å². The summed E-state index contributed by atoms with van der Waals surface area (Å²) in [6.07, 6.45) is 9.55. The lowest BCUT2D eigenvalue weighted by atomic mass is 9.33. The topological polar surface area (TPSA) is 9.72 Å². The van der Waals surface area contributed by atoms with Gasteiger partial charge in [0.1, 0.15) is 0 Å². The third kappa shape index (κ3) is 7.02. The predicted octanol–water partition coefficient (Wildman–Crippen LogP) is 12.5. The van der Waals surface area contributed by atoms with Gasteiger partial charge in [-0.15, -0.1) is 0 Å². The first-order valence-corrected chi connectivity index (χ1v) is 36.6. The van der Waals surface area contributed by atoms with Crippen molar-refractivity contribution in [2.75, 3.05) is 14.7 Å². The minimum absolute atomic E-state index is 0.0419. The maximum atomic E-state index is 2.97. The molecule has 4 aliphatic heterocycles. The van der Waals surface area contributed by atoms with Crippen LogP contribution in [0.25, 0.3) is 0 Å². The second-order valence-corrected chi connectivity index (χ2v) is 34.7. The second kappa shape index (κ2) is 19.9. The summed E-state index contributed by atoms with van der Waals surface area (Å²) in [7, 11) is -6.48. The first-order valence-electron chi connectivity index (χ1n) is 32.6. The van der Waals surface area contributed by atoms with E-state index in [-0.39, 0.29) is 28.6 Å². The minimum Gasteiger partial charge on any atom is -0.335 e. The molecular weight excluding hydrogens is 1090 g/mol. The van der Waals surface area contributed by atoms with E-state index < -0.39 is 16.1 Å². The van der Waals surface area contributed by atoms with Gasteiger partial charge in [0.2, 0.25) is 0 Å². The molecular formula is C82H74BN3Si2. The minimum atomic E-state index is -3.24. The molecule has 6 aliphatic rings. The Morgan fingerprint density at radius 3 is 0.989 bits per heavy atom. The highest BCUT2D eigenvalue weighted by Gasteiger charge is 2.65. The first kappa shape index (κ1) is 53.5. The number of hydrogen-bond donors (Lipinski definition) is 0. The van der Waals surface area contributed by atoms with Crippen molar-refractivity contribution >= 4 is 121 Å². The fourth-order valence-electron chi connectivity index (χ4n) is 19.1. The van der Waals surface area contributed by atoms with Crippen molar-refractivity contribution in [2.45, 2.75) is 101 Å². The lowest BCUT2D eigenvalue weighted by molar-refractivity contribution is 0.194. The van der Waals surface area contributed by atoms with Gasteiger partial charge in [0.25, 0.3) is 6.71 Å². The van der Waals surface area contributed by atoms with Gasteiger partial charge in [-0.25, -0.2) is 0 Å². The zero-order chi connectivity index (χ0) is 59.0. The molecule has 2 aliphatic carbocycles. The summed E-state index contributed by atoms with van der Waals surface area (Å²) in [5.41, 5.74) is 16.4. The van der Waals surface area contributed by atoms with Crippen LogP contribution in [0.2, 0.25) is 0 Å². The van der Waals surface area contributed by atoms with Crippen molar-refractivity contribution in [3.05, 3.63) is 290 Å². The highest BCUT2D eigenvalue weighted by atomic mass is 28.3. The summed E-state index contributed by atoms with van der Waals surface area (Å²) in [5, 5.41) is 10.8. The standard InChI is InChI=1S/C82H74BN3Si2/c1-79-53-27-29-55-81(79,3)85-72-57-59(58-73-76(72)83(68-47-31-45-66(79)77(68)85)69-48-32-46-67-78(69)86(73)82(4)56-30-28-54-80(67,82)2)84(70-49-23-25-51-74(70)87(60-33-11-5-12-34-60,61-35-13-6-14-36-61)62-37-15-7-16-38-62)71-50-24-26-52-75(71)88(63-39-17-8-18-40-63,64-41-19-9-20-42-64)65-43-21-10-22-44-65/h5-26,31-52,57-58H,27-30,53-56H2,1-4H3. The van der Waals surface area contributed by atoms with Crippen molar-refractivity contribution in [3.63, 3.8) is 0 Å². The van der Waals surface area contributed by atoms with E-state index >= 15 is 0 Å². The van der Waals surface area contributed by atoms with Crippen LogP contribution < -0.4 is 72.6 Å². The molecule has 2 saturated carbocycles. The van der Waals surface area contributed by atoms with Gasteiger partial charge in [-0.1, -0.05) is 294 Å². The van der Waals surface area contributed by atoms with Crippen molar-refractivity contribution in [1.82, 2.24) is 0 Å². The molecule has 4 atom stereocenters. The maximum Gasteiger partial charge on any atom is 0.252 e. The molecule has 88 heavy (non-hydrogen) atoms. The SMILES string of the molecule is CC12CCCCC1(C)N1c3cc(N(c4ccccc4[Si](c4ccccc4)(c4ccccc4)c4ccccc4)c4ccccc4[Si](c4ccccc4)(c4ccccc4)c4ccccc4)cc4c3B(c3cccc2c31)c1cccc2c1N4C1(C)CCCCC21C. The Morgan fingerprint density at radius 2 is 0.648 bits per heavy atom. The lowest BCUT2D eigenvalue weighted by Crippen LogP contribution is -2.76. The van der Waals surface area contributed by atoms with Gasteiger partial charge in [0, 0.05) is 45.0 Å². The Morgan fingerprint density at radius 1 is 0.341 bits per heavy atom. The van der Waals surface area contributed by atoms with Crippen molar-refractivity contribution < 1.29 is 0 Å². The highest BCUT2D eigenvalue weighted by molar-refractivity contribution is 7.21. The van der Waals surface area contributed by atoms with E-state index in [0.717, 1.165) is 12.8 Å². The molecule has 4 heterocycles. The van der Waals surface area contributed by atoms with E-state index in [1.807, 2.05) is 0 Å². The van der Waals surface area contributed by atoms with Gasteiger partial charge in [0.05, 0.1) is 16.8 Å². The number of fused-ring (bicyclic) bond motifs is 10. The average Bonchev–Trinajstić information content (AvgIpc) is 1.46. The molecule has 0 bridgehead atoms. The predicted molar refractivity (Wildman–Crippen MR) is 379 cm³/mol. The zero-order valence-corrected chi connectivity index (χ0v) is 53.1. The van der Waals surface area contributed by atoms with Gasteiger partial charge >= 0.3 is 0 Å². The summed E-state index contributed by atoms with van der Waals surface area (Å²) >= 11 is 0. The molecule has 0 N–H and O–H groups in total. The van der Waals surface area contributed by atoms with Crippen molar-refractivity contribution in [1.29, 1.82) is 0 Å². The van der Waals surface area contributed by atoms with Crippen LogP contribution in [0.4, 0.5) is 39.8 Å². The lowest BCUT2D eigenvalue weighted by Gasteiger charge is -2.55. The molecule has 3 nitrogen and oxygen atoms in total. The maximum absolute atomic E-state index is 3.24. The number of anilines is 7. The number of nitrogens with zero attached hydrogens (tertiary/aromatic N) is 3. The molecule has 4 unspecified atom stereocenters. The molecule has 17 rings (SSSR count). The Balaban J connectivity index is 1.06. The second-order valence-electron chi connectivity index (χ2n) is 27.2. The molecule has 11 aromatic rings. The van der Waals surface area contributed by atoms with Crippen LogP contribution in [0, 0.1) is 0 Å². The fraction of sp³-hybridized carbons (Fsp3) is 0.195. The monoisotopic (exact) mass is 1170 g/mol. The Bertz CT molecular complexity index is 4030. The van der Waals surface area contributed by atoms with E-state index in [1.54, 1.807) is 0 Å². The van der Waals surface area contributed by atoms with E-state index in [1.165, 1.54) is 147 Å². The van der Waals surface area contributed by atoms with E-state index in [9.17, 15) is 0 Å². The van der Waals surface area contributed by atoms with Crippen LogP contribution in [0.5, 0.6) is 0 Å². The number of benzene rings is 11. The van der Waals surface area contributed by atoms with Gasteiger partial charge in [-0.05, 0) is 133 Å². The molecule has 6 heteroatoms.